The van der Waals surface area contributed by atoms with E-state index in [2.05, 4.69) is 11.8 Å². The molecule has 1 aromatic rings. The van der Waals surface area contributed by atoms with Gasteiger partial charge in [0.25, 0.3) is 0 Å². The summed E-state index contributed by atoms with van der Waals surface area (Å²) in [5.74, 6) is 0.260. The SMILES string of the molecule is CCCC(C(=O)c1ccc(Cl)s1)N1CCCCC1. The molecule has 1 aliphatic heterocycles. The topological polar surface area (TPSA) is 20.3 Å². The zero-order chi connectivity index (χ0) is 13.0. The van der Waals surface area contributed by atoms with Crippen LogP contribution in [-0.4, -0.2) is 29.8 Å². The number of halogens is 1. The van der Waals surface area contributed by atoms with E-state index in [1.807, 2.05) is 12.1 Å². The highest BCUT2D eigenvalue weighted by molar-refractivity contribution is 7.18. The molecule has 100 valence electrons. The quantitative estimate of drug-likeness (QED) is 0.754. The number of carbonyl (C=O) groups excluding carboxylic acids is 1. The molecule has 0 bridgehead atoms. The van der Waals surface area contributed by atoms with Crippen molar-refractivity contribution in [3.8, 4) is 0 Å². The standard InChI is InChI=1S/C14H20ClNOS/c1-2-6-11(16-9-4-3-5-10-16)14(17)12-7-8-13(15)18-12/h7-8,11H,2-6,9-10H2,1H3. The van der Waals surface area contributed by atoms with Gasteiger partial charge >= 0.3 is 0 Å². The summed E-state index contributed by atoms with van der Waals surface area (Å²) in [6.45, 7) is 4.27. The van der Waals surface area contributed by atoms with Crippen molar-refractivity contribution in [2.45, 2.75) is 45.1 Å². The number of rotatable bonds is 5. The van der Waals surface area contributed by atoms with Gasteiger partial charge in [-0.05, 0) is 44.5 Å². The molecule has 18 heavy (non-hydrogen) atoms. The maximum atomic E-state index is 12.6. The van der Waals surface area contributed by atoms with Gasteiger partial charge in [0.05, 0.1) is 15.3 Å². The highest BCUT2D eigenvalue weighted by Gasteiger charge is 2.27. The third-order valence-electron chi connectivity index (χ3n) is 3.51. The third kappa shape index (κ3) is 3.34. The Balaban J connectivity index is 2.10. The van der Waals surface area contributed by atoms with Crippen LogP contribution in [0.1, 0.15) is 48.7 Å². The molecule has 2 rings (SSSR count). The molecule has 1 aromatic heterocycles. The van der Waals surface area contributed by atoms with Gasteiger partial charge in [0.15, 0.2) is 5.78 Å². The molecule has 2 nitrogen and oxygen atoms in total. The lowest BCUT2D eigenvalue weighted by molar-refractivity contribution is 0.0772. The first-order valence-corrected chi connectivity index (χ1v) is 7.95. The molecule has 0 aliphatic carbocycles. The van der Waals surface area contributed by atoms with Crippen LogP contribution in [0, 0.1) is 0 Å². The van der Waals surface area contributed by atoms with Gasteiger partial charge in [-0.1, -0.05) is 31.4 Å². The Labute approximate surface area is 118 Å². The van der Waals surface area contributed by atoms with Crippen LogP contribution in [-0.2, 0) is 0 Å². The summed E-state index contributed by atoms with van der Waals surface area (Å²) in [5, 5.41) is 0. The predicted octanol–water partition coefficient (Wildman–Crippen LogP) is 4.24. The number of hydrogen-bond donors (Lipinski definition) is 0. The number of nitrogens with zero attached hydrogens (tertiary/aromatic N) is 1. The second-order valence-electron chi connectivity index (χ2n) is 4.87. The zero-order valence-corrected chi connectivity index (χ0v) is 12.4. The van der Waals surface area contributed by atoms with Crippen LogP contribution in [0.5, 0.6) is 0 Å². The second kappa shape index (κ2) is 6.69. The highest BCUT2D eigenvalue weighted by atomic mass is 35.5. The minimum Gasteiger partial charge on any atom is -0.293 e. The molecular weight excluding hydrogens is 266 g/mol. The van der Waals surface area contributed by atoms with Gasteiger partial charge in [-0.3, -0.25) is 9.69 Å². The van der Waals surface area contributed by atoms with Crippen molar-refractivity contribution in [1.29, 1.82) is 0 Å². The fraction of sp³-hybridized carbons (Fsp3) is 0.643. The number of hydrogen-bond acceptors (Lipinski definition) is 3. The van der Waals surface area contributed by atoms with Crippen molar-refractivity contribution >= 4 is 28.7 Å². The van der Waals surface area contributed by atoms with Crippen molar-refractivity contribution in [2.24, 2.45) is 0 Å². The fourth-order valence-corrected chi connectivity index (χ4v) is 3.63. The number of likely N-dealkylation sites (tertiary alicyclic amines) is 1. The number of ketones is 1. The molecule has 0 N–H and O–H groups in total. The van der Waals surface area contributed by atoms with Gasteiger partial charge < -0.3 is 0 Å². The second-order valence-corrected chi connectivity index (χ2v) is 6.58. The summed E-state index contributed by atoms with van der Waals surface area (Å²) in [7, 11) is 0. The van der Waals surface area contributed by atoms with E-state index in [-0.39, 0.29) is 11.8 Å². The molecule has 0 amide bonds. The first-order chi connectivity index (χ1) is 8.72. The van der Waals surface area contributed by atoms with Crippen molar-refractivity contribution < 1.29 is 4.79 Å². The summed E-state index contributed by atoms with van der Waals surface area (Å²) >= 11 is 7.33. The molecule has 1 fully saturated rings. The number of carbonyl (C=O) groups is 1. The van der Waals surface area contributed by atoms with Crippen molar-refractivity contribution in [3.63, 3.8) is 0 Å². The Kier molecular flexibility index (Phi) is 5.22. The van der Waals surface area contributed by atoms with Gasteiger partial charge in [-0.15, -0.1) is 11.3 Å². The normalized spacial score (nSPS) is 18.8. The van der Waals surface area contributed by atoms with Crippen LogP contribution < -0.4 is 0 Å². The van der Waals surface area contributed by atoms with Crippen LogP contribution in [0.4, 0.5) is 0 Å². The van der Waals surface area contributed by atoms with E-state index < -0.39 is 0 Å². The average Bonchev–Trinajstić information content (AvgIpc) is 2.83. The van der Waals surface area contributed by atoms with E-state index >= 15 is 0 Å². The molecule has 1 unspecified atom stereocenters. The minimum atomic E-state index is 0.0602. The molecule has 2 heterocycles. The number of piperidine rings is 1. The Bertz CT molecular complexity index is 398. The monoisotopic (exact) mass is 285 g/mol. The molecule has 1 atom stereocenters. The van der Waals surface area contributed by atoms with Crippen LogP contribution in [0.15, 0.2) is 12.1 Å². The zero-order valence-electron chi connectivity index (χ0n) is 10.8. The summed E-state index contributed by atoms with van der Waals surface area (Å²) < 4.78 is 0.701. The van der Waals surface area contributed by atoms with Gasteiger partial charge in [0.1, 0.15) is 0 Å². The molecule has 0 spiro atoms. The first kappa shape index (κ1) is 14.0. The highest BCUT2D eigenvalue weighted by Crippen LogP contribution is 2.26. The van der Waals surface area contributed by atoms with Gasteiger partial charge in [0, 0.05) is 0 Å². The van der Waals surface area contributed by atoms with Crippen molar-refractivity contribution in [1.82, 2.24) is 4.90 Å². The Morgan fingerprint density at radius 1 is 1.39 bits per heavy atom. The van der Waals surface area contributed by atoms with Crippen LogP contribution in [0.2, 0.25) is 4.34 Å². The van der Waals surface area contributed by atoms with Crippen molar-refractivity contribution in [3.05, 3.63) is 21.3 Å². The van der Waals surface area contributed by atoms with Gasteiger partial charge in [-0.2, -0.15) is 0 Å². The maximum absolute atomic E-state index is 12.6. The summed E-state index contributed by atoms with van der Waals surface area (Å²) in [6.07, 6.45) is 5.74. The molecule has 1 saturated heterocycles. The van der Waals surface area contributed by atoms with E-state index in [0.717, 1.165) is 30.8 Å². The van der Waals surface area contributed by atoms with Crippen LogP contribution >= 0.6 is 22.9 Å². The first-order valence-electron chi connectivity index (χ1n) is 6.76. The van der Waals surface area contributed by atoms with E-state index in [0.29, 0.717) is 4.34 Å². The van der Waals surface area contributed by atoms with E-state index in [1.165, 1.54) is 30.6 Å². The van der Waals surface area contributed by atoms with Crippen molar-refractivity contribution in [2.75, 3.05) is 13.1 Å². The molecule has 0 radical (unpaired) electrons. The average molecular weight is 286 g/mol. The van der Waals surface area contributed by atoms with Crippen LogP contribution in [0.3, 0.4) is 0 Å². The Morgan fingerprint density at radius 2 is 2.11 bits per heavy atom. The predicted molar refractivity (Wildman–Crippen MR) is 77.8 cm³/mol. The lowest BCUT2D eigenvalue weighted by atomic mass is 10.0. The molecule has 0 aromatic carbocycles. The lowest BCUT2D eigenvalue weighted by Crippen LogP contribution is -2.43. The molecule has 1 aliphatic rings. The summed E-state index contributed by atoms with van der Waals surface area (Å²) in [4.78, 5) is 15.7. The lowest BCUT2D eigenvalue weighted by Gasteiger charge is -2.33. The van der Waals surface area contributed by atoms with Gasteiger partial charge in [0.2, 0.25) is 0 Å². The smallest absolute Gasteiger partial charge is 0.189 e. The Morgan fingerprint density at radius 3 is 2.67 bits per heavy atom. The minimum absolute atomic E-state index is 0.0602. The van der Waals surface area contributed by atoms with E-state index in [4.69, 9.17) is 11.6 Å². The maximum Gasteiger partial charge on any atom is 0.189 e. The Hall–Kier alpha value is -0.380. The largest absolute Gasteiger partial charge is 0.293 e. The van der Waals surface area contributed by atoms with E-state index in [9.17, 15) is 4.79 Å². The molecular formula is C14H20ClNOS. The number of thiophene rings is 1. The molecule has 0 saturated carbocycles. The third-order valence-corrected chi connectivity index (χ3v) is 4.76. The summed E-state index contributed by atoms with van der Waals surface area (Å²) in [6, 6.07) is 3.74. The van der Waals surface area contributed by atoms with E-state index in [1.54, 1.807) is 0 Å². The molecule has 4 heteroatoms. The number of Topliss-reactive ketones (excluding diaryl/α,β-unsaturated/α-hetero) is 1. The summed E-state index contributed by atoms with van der Waals surface area (Å²) in [5.41, 5.74) is 0. The fourth-order valence-electron chi connectivity index (χ4n) is 2.59. The van der Waals surface area contributed by atoms with Gasteiger partial charge in [-0.25, -0.2) is 0 Å². The van der Waals surface area contributed by atoms with Crippen LogP contribution in [0.25, 0.3) is 0 Å².